The van der Waals surface area contributed by atoms with Gasteiger partial charge in [-0.3, -0.25) is 0 Å². The zero-order valence-corrected chi connectivity index (χ0v) is 6.99. The molecular weight excluding hydrogens is 175 g/mol. The molecule has 0 saturated heterocycles. The molecule has 70 valence electrons. The lowest BCUT2D eigenvalue weighted by Crippen LogP contribution is -1.66. The van der Waals surface area contributed by atoms with Crippen molar-refractivity contribution in [3.05, 3.63) is 0 Å². The van der Waals surface area contributed by atoms with Gasteiger partial charge in [0.05, 0.1) is 0 Å². The first-order valence-electron chi connectivity index (χ1n) is 2.63. The smallest absolute Gasteiger partial charge is 0.412 e. The maximum Gasteiger partial charge on any atom is 0.466 e. The Hall–Kier alpha value is -0.260. The first-order valence-corrected chi connectivity index (χ1v) is 4.20. The quantitative estimate of drug-likeness (QED) is 0.387. The molecule has 0 aliphatic carbocycles. The molecule has 0 aromatic heterocycles. The molecule has 0 spiro atoms. The summed E-state index contributed by atoms with van der Waals surface area (Å²) in [6.45, 7) is 1.98. The van der Waals surface area contributed by atoms with E-state index in [1.165, 1.54) is 0 Å². The van der Waals surface area contributed by atoms with E-state index < -0.39 is 7.82 Å². The largest absolute Gasteiger partial charge is 0.466 e. The van der Waals surface area contributed by atoms with Crippen LogP contribution < -0.4 is 0 Å². The van der Waals surface area contributed by atoms with Gasteiger partial charge in [-0.15, -0.1) is 0 Å². The van der Waals surface area contributed by atoms with Crippen LogP contribution in [-0.4, -0.2) is 26.4 Å². The summed E-state index contributed by atoms with van der Waals surface area (Å²) in [6.07, 6.45) is 2.61. The normalized spacial score (nSPS) is 8.73. The molecule has 5 N–H and O–H groups in total. The second-order valence-corrected chi connectivity index (χ2v) is 2.50. The van der Waals surface area contributed by atoms with Gasteiger partial charge in [-0.05, 0) is 6.42 Å². The van der Waals surface area contributed by atoms with Gasteiger partial charge in [0.25, 0.3) is 0 Å². The molecule has 0 rings (SSSR count). The molecule has 0 fully saturated rings. The minimum atomic E-state index is -4.64. The van der Waals surface area contributed by atoms with Gasteiger partial charge >= 0.3 is 7.82 Å². The number of hydrogen-bond acceptors (Lipinski definition) is 2. The van der Waals surface area contributed by atoms with E-state index in [4.69, 9.17) is 19.2 Å². The van der Waals surface area contributed by atoms with Gasteiger partial charge < -0.3 is 25.0 Å². The van der Waals surface area contributed by atoms with Gasteiger partial charge in [0.15, 0.2) is 0 Å². The van der Waals surface area contributed by atoms with E-state index in [0.29, 0.717) is 6.42 Å². The lowest BCUT2D eigenvalue weighted by Gasteiger charge is -1.82. The maximum atomic E-state index is 9.40. The maximum absolute atomic E-state index is 9.40. The van der Waals surface area contributed by atoms with Crippen molar-refractivity contribution in [3.63, 3.8) is 0 Å². The molecule has 7 heteroatoms. The molecule has 0 aliphatic heterocycles. The summed E-state index contributed by atoms with van der Waals surface area (Å²) in [6, 6.07) is 0. The Morgan fingerprint density at radius 2 is 1.64 bits per heavy atom. The average molecular weight is 188 g/mol. The van der Waals surface area contributed by atoms with Gasteiger partial charge in [-0.1, -0.05) is 6.92 Å². The molecule has 0 bridgehead atoms. The van der Waals surface area contributed by atoms with Crippen molar-refractivity contribution in [1.82, 2.24) is 0 Å². The van der Waals surface area contributed by atoms with Crippen molar-refractivity contribution >= 4 is 14.1 Å². The minimum absolute atomic E-state index is 0. The Morgan fingerprint density at radius 1 is 1.36 bits per heavy atom. The molecule has 0 radical (unpaired) electrons. The number of phosphoric acid groups is 1. The topological polar surface area (TPSA) is 126 Å². The SMILES string of the molecule is CCCC=O.O.O=P(O)(O)O. The fourth-order valence-electron chi connectivity index (χ4n) is 0.118. The highest BCUT2D eigenvalue weighted by molar-refractivity contribution is 7.45. The number of aldehydes is 1. The van der Waals surface area contributed by atoms with Gasteiger partial charge in [-0.2, -0.15) is 0 Å². The number of unbranched alkanes of at least 4 members (excludes halogenated alkanes) is 1. The van der Waals surface area contributed by atoms with Crippen LogP contribution in [0.1, 0.15) is 19.8 Å². The van der Waals surface area contributed by atoms with Crippen LogP contribution in [0.15, 0.2) is 0 Å². The predicted octanol–water partition coefficient (Wildman–Crippen LogP) is -0.768. The Kier molecular flexibility index (Phi) is 15.1. The van der Waals surface area contributed by atoms with Crippen molar-refractivity contribution in [2.45, 2.75) is 19.8 Å². The van der Waals surface area contributed by atoms with E-state index in [1.807, 2.05) is 6.92 Å². The van der Waals surface area contributed by atoms with Gasteiger partial charge in [0, 0.05) is 6.42 Å². The highest BCUT2D eigenvalue weighted by atomic mass is 31.2. The average Bonchev–Trinajstić information content (AvgIpc) is 1.63. The van der Waals surface area contributed by atoms with Crippen LogP contribution in [-0.2, 0) is 9.36 Å². The first-order chi connectivity index (χ1) is 4.41. The summed E-state index contributed by atoms with van der Waals surface area (Å²) in [5, 5.41) is 0. The van der Waals surface area contributed by atoms with E-state index >= 15 is 0 Å². The standard InChI is InChI=1S/C4H8O.H3O4P.H2O/c1-2-3-4-5;1-5(2,3)4;/h4H,2-3H2,1H3;(H3,1,2,3,4);1H2. The summed E-state index contributed by atoms with van der Waals surface area (Å²) in [5.74, 6) is 0. The van der Waals surface area contributed by atoms with Gasteiger partial charge in [0.1, 0.15) is 6.29 Å². The zero-order valence-electron chi connectivity index (χ0n) is 6.10. The predicted molar refractivity (Wildman–Crippen MR) is 38.8 cm³/mol. The Balaban J connectivity index is -0.000000107. The number of rotatable bonds is 2. The molecule has 0 aromatic carbocycles. The van der Waals surface area contributed by atoms with Crippen LogP contribution in [0.3, 0.4) is 0 Å². The molecule has 6 nitrogen and oxygen atoms in total. The van der Waals surface area contributed by atoms with Gasteiger partial charge in [-0.25, -0.2) is 4.57 Å². The third-order valence-corrected chi connectivity index (χ3v) is 0.407. The van der Waals surface area contributed by atoms with Crippen LogP contribution in [0.4, 0.5) is 0 Å². The monoisotopic (exact) mass is 188 g/mol. The van der Waals surface area contributed by atoms with Crippen molar-refractivity contribution in [3.8, 4) is 0 Å². The molecular formula is C4H13O6P. The summed E-state index contributed by atoms with van der Waals surface area (Å²) >= 11 is 0. The first kappa shape index (κ1) is 17.0. The summed E-state index contributed by atoms with van der Waals surface area (Å²) < 4.78 is 8.88. The van der Waals surface area contributed by atoms with E-state index in [2.05, 4.69) is 0 Å². The highest BCUT2D eigenvalue weighted by Gasteiger charge is 2.00. The summed E-state index contributed by atoms with van der Waals surface area (Å²) in [4.78, 5) is 31.0. The third kappa shape index (κ3) is 193. The molecule has 0 aromatic rings. The Bertz CT molecular complexity index is 109. The fourth-order valence-corrected chi connectivity index (χ4v) is 0.118. The Labute approximate surface area is 64.4 Å². The van der Waals surface area contributed by atoms with E-state index in [-0.39, 0.29) is 5.48 Å². The second-order valence-electron chi connectivity index (χ2n) is 1.47. The van der Waals surface area contributed by atoms with Crippen molar-refractivity contribution in [2.24, 2.45) is 0 Å². The van der Waals surface area contributed by atoms with Gasteiger partial charge in [0.2, 0.25) is 0 Å². The molecule has 0 unspecified atom stereocenters. The van der Waals surface area contributed by atoms with Crippen LogP contribution in [0.5, 0.6) is 0 Å². The number of hydrogen-bond donors (Lipinski definition) is 3. The summed E-state index contributed by atoms with van der Waals surface area (Å²) in [5.41, 5.74) is 0. The van der Waals surface area contributed by atoms with Crippen LogP contribution >= 0.6 is 7.82 Å². The van der Waals surface area contributed by atoms with Crippen LogP contribution in [0.25, 0.3) is 0 Å². The Morgan fingerprint density at radius 3 is 1.64 bits per heavy atom. The molecule has 0 amide bonds. The molecule has 0 aliphatic rings. The van der Waals surface area contributed by atoms with Crippen LogP contribution in [0, 0.1) is 0 Å². The van der Waals surface area contributed by atoms with E-state index in [1.54, 1.807) is 0 Å². The zero-order chi connectivity index (χ0) is 8.62. The van der Waals surface area contributed by atoms with E-state index in [0.717, 1.165) is 12.7 Å². The molecule has 0 heterocycles. The second kappa shape index (κ2) is 9.74. The lowest BCUT2D eigenvalue weighted by atomic mass is 10.4. The lowest BCUT2D eigenvalue weighted by molar-refractivity contribution is -0.107. The van der Waals surface area contributed by atoms with Crippen LogP contribution in [0.2, 0.25) is 0 Å². The van der Waals surface area contributed by atoms with Crippen molar-refractivity contribution in [1.29, 1.82) is 0 Å². The molecule has 11 heavy (non-hydrogen) atoms. The van der Waals surface area contributed by atoms with E-state index in [9.17, 15) is 4.79 Å². The van der Waals surface area contributed by atoms with Crippen molar-refractivity contribution in [2.75, 3.05) is 0 Å². The molecule has 0 atom stereocenters. The third-order valence-electron chi connectivity index (χ3n) is 0.407. The number of carbonyl (C=O) groups is 1. The minimum Gasteiger partial charge on any atom is -0.412 e. The van der Waals surface area contributed by atoms with Crippen molar-refractivity contribution < 1.29 is 29.5 Å². The highest BCUT2D eigenvalue weighted by Crippen LogP contribution is 2.25. The fraction of sp³-hybridized carbons (Fsp3) is 0.750. The molecule has 0 saturated carbocycles. The summed E-state index contributed by atoms with van der Waals surface area (Å²) in [7, 11) is -4.64. The number of carbonyl (C=O) groups excluding carboxylic acids is 1.